The van der Waals surface area contributed by atoms with E-state index < -0.39 is 27.3 Å². The predicted molar refractivity (Wildman–Crippen MR) is 71.9 cm³/mol. The molecule has 8 nitrogen and oxygen atoms in total. The minimum atomic E-state index is -4.06. The van der Waals surface area contributed by atoms with Gasteiger partial charge in [-0.15, -0.1) is 0 Å². The van der Waals surface area contributed by atoms with Crippen molar-refractivity contribution >= 4 is 21.7 Å². The molecule has 0 fully saturated rings. The number of aromatic carboxylic acids is 1. The third-order valence-electron chi connectivity index (χ3n) is 2.75. The fraction of sp³-hybridized carbons (Fsp3) is 0.167. The lowest BCUT2D eigenvalue weighted by molar-refractivity contribution is 0.0694. The highest BCUT2D eigenvalue weighted by Crippen LogP contribution is 2.30. The van der Waals surface area contributed by atoms with Gasteiger partial charge in [-0.3, -0.25) is 4.72 Å². The standard InChI is InChI=1S/C12H12N2O6S/c1-6-11(7(2)20-13-6)21(18,19)14-9-5-3-4-8(10(9)15)12(16)17/h3-5,14-15H,1-2H3,(H,16,17). The normalized spacial score (nSPS) is 11.3. The fourth-order valence-corrected chi connectivity index (χ4v) is 3.25. The number of hydrogen-bond donors (Lipinski definition) is 3. The summed E-state index contributed by atoms with van der Waals surface area (Å²) in [5, 5.41) is 22.3. The van der Waals surface area contributed by atoms with Gasteiger partial charge < -0.3 is 14.7 Å². The predicted octanol–water partition coefficient (Wildman–Crippen LogP) is 1.50. The summed E-state index contributed by atoms with van der Waals surface area (Å²) in [4.78, 5) is 10.8. The minimum absolute atomic E-state index is 0.0916. The molecule has 1 aromatic carbocycles. The molecule has 0 saturated heterocycles. The minimum Gasteiger partial charge on any atom is -0.505 e. The van der Waals surface area contributed by atoms with Crippen LogP contribution in [0.15, 0.2) is 27.6 Å². The summed E-state index contributed by atoms with van der Waals surface area (Å²) in [6.07, 6.45) is 0. The van der Waals surface area contributed by atoms with Gasteiger partial charge in [0.25, 0.3) is 10.0 Å². The summed E-state index contributed by atoms with van der Waals surface area (Å²) in [6, 6.07) is 3.72. The summed E-state index contributed by atoms with van der Waals surface area (Å²) < 4.78 is 31.4. The Morgan fingerprint density at radius 2 is 2.00 bits per heavy atom. The summed E-state index contributed by atoms with van der Waals surface area (Å²) in [6.45, 7) is 2.89. The monoisotopic (exact) mass is 312 g/mol. The second kappa shape index (κ2) is 5.09. The maximum Gasteiger partial charge on any atom is 0.339 e. The molecule has 0 aliphatic rings. The van der Waals surface area contributed by atoms with E-state index in [0.29, 0.717) is 0 Å². The third-order valence-corrected chi connectivity index (χ3v) is 4.36. The number of aromatic nitrogens is 1. The second-order valence-electron chi connectivity index (χ2n) is 4.27. The topological polar surface area (TPSA) is 130 Å². The van der Waals surface area contributed by atoms with Crippen LogP contribution in [-0.2, 0) is 10.0 Å². The van der Waals surface area contributed by atoms with Crippen LogP contribution in [0.4, 0.5) is 5.69 Å². The lowest BCUT2D eigenvalue weighted by atomic mass is 10.2. The summed E-state index contributed by atoms with van der Waals surface area (Å²) in [7, 11) is -4.06. The van der Waals surface area contributed by atoms with Gasteiger partial charge >= 0.3 is 5.97 Å². The first kappa shape index (κ1) is 14.9. The molecule has 0 unspecified atom stereocenters. The number of sulfonamides is 1. The number of aromatic hydroxyl groups is 1. The van der Waals surface area contributed by atoms with Crippen molar-refractivity contribution in [2.45, 2.75) is 18.7 Å². The van der Waals surface area contributed by atoms with Crippen LogP contribution in [-0.4, -0.2) is 29.8 Å². The highest BCUT2D eigenvalue weighted by molar-refractivity contribution is 7.92. The van der Waals surface area contributed by atoms with Gasteiger partial charge in [-0.1, -0.05) is 11.2 Å². The van der Waals surface area contributed by atoms with E-state index in [4.69, 9.17) is 9.63 Å². The Hall–Kier alpha value is -2.55. The molecule has 3 N–H and O–H groups in total. The number of anilines is 1. The molecule has 0 spiro atoms. The van der Waals surface area contributed by atoms with E-state index >= 15 is 0 Å². The molecule has 2 rings (SSSR count). The lowest BCUT2D eigenvalue weighted by Gasteiger charge is -2.10. The van der Waals surface area contributed by atoms with Crippen molar-refractivity contribution in [1.29, 1.82) is 0 Å². The zero-order valence-electron chi connectivity index (χ0n) is 11.1. The van der Waals surface area contributed by atoms with Crippen LogP contribution in [0.1, 0.15) is 21.8 Å². The highest BCUT2D eigenvalue weighted by Gasteiger charge is 2.26. The van der Waals surface area contributed by atoms with Crippen LogP contribution in [0.25, 0.3) is 0 Å². The van der Waals surface area contributed by atoms with Crippen molar-refractivity contribution < 1.29 is 27.9 Å². The molecule has 0 amide bonds. The molecule has 0 aliphatic heterocycles. The van der Waals surface area contributed by atoms with Crippen LogP contribution < -0.4 is 4.72 Å². The van der Waals surface area contributed by atoms with Crippen molar-refractivity contribution in [3.8, 4) is 5.75 Å². The summed E-state index contributed by atoms with van der Waals surface area (Å²) in [5.74, 6) is -1.94. The molecule has 1 aromatic heterocycles. The quantitative estimate of drug-likeness (QED) is 0.729. The number of carboxylic acids is 1. The van der Waals surface area contributed by atoms with Crippen LogP contribution in [0.5, 0.6) is 5.75 Å². The van der Waals surface area contributed by atoms with Crippen molar-refractivity contribution in [2.75, 3.05) is 4.72 Å². The van der Waals surface area contributed by atoms with Gasteiger partial charge in [-0.2, -0.15) is 0 Å². The van der Waals surface area contributed by atoms with Gasteiger partial charge in [0.05, 0.1) is 5.69 Å². The van der Waals surface area contributed by atoms with Gasteiger partial charge in [-0.25, -0.2) is 13.2 Å². The highest BCUT2D eigenvalue weighted by atomic mass is 32.2. The number of phenols is 1. The number of carboxylic acid groups (broad SMARTS) is 1. The third kappa shape index (κ3) is 2.68. The number of nitrogens with zero attached hydrogens (tertiary/aromatic N) is 1. The van der Waals surface area contributed by atoms with Gasteiger partial charge in [0, 0.05) is 0 Å². The van der Waals surface area contributed by atoms with Crippen molar-refractivity contribution in [1.82, 2.24) is 5.16 Å². The lowest BCUT2D eigenvalue weighted by Crippen LogP contribution is -2.15. The Labute approximate surface area is 120 Å². The number of carbonyl (C=O) groups is 1. The zero-order valence-corrected chi connectivity index (χ0v) is 11.9. The first-order valence-corrected chi connectivity index (χ1v) is 7.23. The largest absolute Gasteiger partial charge is 0.505 e. The average Bonchev–Trinajstić information content (AvgIpc) is 2.71. The van der Waals surface area contributed by atoms with Gasteiger partial charge in [0.1, 0.15) is 11.3 Å². The van der Waals surface area contributed by atoms with Crippen molar-refractivity contribution in [3.63, 3.8) is 0 Å². The molecule has 9 heteroatoms. The molecule has 0 radical (unpaired) electrons. The van der Waals surface area contributed by atoms with Gasteiger partial charge in [-0.05, 0) is 26.0 Å². The van der Waals surface area contributed by atoms with E-state index in [-0.39, 0.29) is 22.0 Å². The Bertz CT molecular complexity index is 790. The van der Waals surface area contributed by atoms with Crippen molar-refractivity contribution in [3.05, 3.63) is 35.2 Å². The molecule has 112 valence electrons. The Balaban J connectivity index is 2.48. The first-order chi connectivity index (χ1) is 9.74. The zero-order chi connectivity index (χ0) is 15.8. The average molecular weight is 312 g/mol. The maximum absolute atomic E-state index is 12.3. The Morgan fingerprint density at radius 3 is 2.52 bits per heavy atom. The molecule has 2 aromatic rings. The molecule has 21 heavy (non-hydrogen) atoms. The molecule has 0 bridgehead atoms. The number of rotatable bonds is 4. The van der Waals surface area contributed by atoms with E-state index in [1.54, 1.807) is 0 Å². The van der Waals surface area contributed by atoms with E-state index in [2.05, 4.69) is 9.88 Å². The molecular weight excluding hydrogens is 300 g/mol. The smallest absolute Gasteiger partial charge is 0.339 e. The van der Waals surface area contributed by atoms with Crippen molar-refractivity contribution in [2.24, 2.45) is 0 Å². The van der Waals surface area contributed by atoms with Crippen LogP contribution >= 0.6 is 0 Å². The van der Waals surface area contributed by atoms with Crippen LogP contribution in [0.2, 0.25) is 0 Å². The number of aryl methyl sites for hydroxylation is 2. The number of para-hydroxylation sites is 1. The summed E-state index contributed by atoms with van der Waals surface area (Å²) >= 11 is 0. The van der Waals surface area contributed by atoms with Crippen LogP contribution in [0, 0.1) is 13.8 Å². The molecule has 1 heterocycles. The van der Waals surface area contributed by atoms with Gasteiger partial charge in [0.15, 0.2) is 16.4 Å². The van der Waals surface area contributed by atoms with Gasteiger partial charge in [0.2, 0.25) is 0 Å². The second-order valence-corrected chi connectivity index (χ2v) is 5.88. The number of benzene rings is 1. The Morgan fingerprint density at radius 1 is 1.33 bits per heavy atom. The SMILES string of the molecule is Cc1noc(C)c1S(=O)(=O)Nc1cccc(C(=O)O)c1O. The van der Waals surface area contributed by atoms with E-state index in [1.165, 1.54) is 26.0 Å². The van der Waals surface area contributed by atoms with E-state index in [1.807, 2.05) is 0 Å². The Kier molecular flexibility index (Phi) is 3.60. The van der Waals surface area contributed by atoms with E-state index in [0.717, 1.165) is 6.07 Å². The first-order valence-electron chi connectivity index (χ1n) is 5.75. The molecule has 0 saturated carbocycles. The van der Waals surface area contributed by atoms with Crippen LogP contribution in [0.3, 0.4) is 0 Å². The maximum atomic E-state index is 12.3. The number of hydrogen-bond acceptors (Lipinski definition) is 6. The molecule has 0 aliphatic carbocycles. The summed E-state index contributed by atoms with van der Waals surface area (Å²) in [5.41, 5.74) is -0.488. The van der Waals surface area contributed by atoms with E-state index in [9.17, 15) is 18.3 Å². The fourth-order valence-electron chi connectivity index (χ4n) is 1.85. The molecular formula is C12H12N2O6S. The number of nitrogens with one attached hydrogen (secondary N) is 1. The molecule has 0 atom stereocenters.